The highest BCUT2D eigenvalue weighted by molar-refractivity contribution is 5.94. The van der Waals surface area contributed by atoms with Gasteiger partial charge in [0.05, 0.1) is 5.69 Å². The van der Waals surface area contributed by atoms with Crippen LogP contribution < -0.4 is 15.8 Å². The minimum Gasteiger partial charge on any atom is -0.487 e. The van der Waals surface area contributed by atoms with E-state index < -0.39 is 0 Å². The van der Waals surface area contributed by atoms with E-state index >= 15 is 0 Å². The number of halogens is 2. The summed E-state index contributed by atoms with van der Waals surface area (Å²) in [4.78, 5) is 16.7. The Morgan fingerprint density at radius 2 is 2.07 bits per heavy atom. The number of hydrogen-bond acceptors (Lipinski definition) is 4. The van der Waals surface area contributed by atoms with Gasteiger partial charge in [-0.05, 0) is 42.8 Å². The molecule has 8 heteroatoms. The predicted molar refractivity (Wildman–Crippen MR) is 111 cm³/mol. The Morgan fingerprint density at radius 3 is 2.81 bits per heavy atom. The highest BCUT2D eigenvalue weighted by Crippen LogP contribution is 2.15. The summed E-state index contributed by atoms with van der Waals surface area (Å²) in [5.41, 5.74) is 7.84. The summed E-state index contributed by atoms with van der Waals surface area (Å²) < 4.78 is 7.73. The maximum Gasteiger partial charge on any atom is 0.251 e. The first-order valence-electron chi connectivity index (χ1n) is 8.29. The van der Waals surface area contributed by atoms with Crippen LogP contribution in [-0.4, -0.2) is 28.4 Å². The van der Waals surface area contributed by atoms with E-state index in [9.17, 15) is 4.79 Å². The second-order valence-corrected chi connectivity index (χ2v) is 6.07. The van der Waals surface area contributed by atoms with Gasteiger partial charge in [-0.1, -0.05) is 19.1 Å². The molecule has 0 saturated carbocycles. The molecule has 0 aliphatic rings. The number of imidazole rings is 1. The van der Waals surface area contributed by atoms with Gasteiger partial charge in [-0.25, -0.2) is 4.98 Å². The van der Waals surface area contributed by atoms with Crippen molar-refractivity contribution in [3.63, 3.8) is 0 Å². The molecule has 1 unspecified atom stereocenters. The van der Waals surface area contributed by atoms with Crippen LogP contribution in [0.2, 0.25) is 0 Å². The van der Waals surface area contributed by atoms with Gasteiger partial charge in [0, 0.05) is 24.5 Å². The van der Waals surface area contributed by atoms with Gasteiger partial charge in [0.25, 0.3) is 5.91 Å². The molecule has 0 spiro atoms. The quantitative estimate of drug-likeness (QED) is 0.626. The summed E-state index contributed by atoms with van der Waals surface area (Å²) in [6, 6.07) is 13.0. The monoisotopic (exact) mass is 410 g/mol. The fourth-order valence-corrected chi connectivity index (χ4v) is 2.39. The van der Waals surface area contributed by atoms with E-state index in [2.05, 4.69) is 10.3 Å². The normalized spacial score (nSPS) is 11.2. The number of nitrogens with zero attached hydrogens (tertiary/aromatic N) is 2. The minimum atomic E-state index is -0.126. The largest absolute Gasteiger partial charge is 0.487 e. The summed E-state index contributed by atoms with van der Waals surface area (Å²) in [6.07, 6.45) is 3.87. The molecule has 1 atom stereocenters. The van der Waals surface area contributed by atoms with Crippen LogP contribution in [-0.2, 0) is 6.61 Å². The molecule has 3 aromatic rings. The Labute approximate surface area is 170 Å². The van der Waals surface area contributed by atoms with Gasteiger partial charge in [-0.2, -0.15) is 0 Å². The van der Waals surface area contributed by atoms with Gasteiger partial charge in [0.15, 0.2) is 0 Å². The zero-order valence-electron chi connectivity index (χ0n) is 15.0. The average molecular weight is 411 g/mol. The maximum atomic E-state index is 12.2. The molecule has 0 aliphatic carbocycles. The van der Waals surface area contributed by atoms with Crippen molar-refractivity contribution in [1.82, 2.24) is 14.7 Å². The highest BCUT2D eigenvalue weighted by Gasteiger charge is 2.09. The summed E-state index contributed by atoms with van der Waals surface area (Å²) >= 11 is 0. The first-order chi connectivity index (χ1) is 12.2. The summed E-state index contributed by atoms with van der Waals surface area (Å²) in [5, 5.41) is 2.88. The number of rotatable bonds is 7. The lowest BCUT2D eigenvalue weighted by atomic mass is 10.1. The topological polar surface area (TPSA) is 81.6 Å². The molecule has 27 heavy (non-hydrogen) atoms. The predicted octanol–water partition coefficient (Wildman–Crippen LogP) is 3.08. The molecule has 0 bridgehead atoms. The van der Waals surface area contributed by atoms with E-state index in [0.29, 0.717) is 31.0 Å². The number of fused-ring (bicyclic) bond motifs is 1. The van der Waals surface area contributed by atoms with Gasteiger partial charge in [0.1, 0.15) is 18.0 Å². The Kier molecular flexibility index (Phi) is 9.08. The third kappa shape index (κ3) is 6.13. The lowest BCUT2D eigenvalue weighted by Gasteiger charge is -2.11. The number of nitrogens with two attached hydrogens (primary N) is 1. The van der Waals surface area contributed by atoms with Crippen molar-refractivity contribution in [3.8, 4) is 5.75 Å². The van der Waals surface area contributed by atoms with Gasteiger partial charge in [0.2, 0.25) is 0 Å². The van der Waals surface area contributed by atoms with Crippen molar-refractivity contribution >= 4 is 36.4 Å². The Balaban J connectivity index is 0.00000182. The Hall–Kier alpha value is -2.28. The molecule has 0 saturated heterocycles. The van der Waals surface area contributed by atoms with E-state index in [1.54, 1.807) is 18.2 Å². The zero-order valence-corrected chi connectivity index (χ0v) is 16.6. The zero-order chi connectivity index (χ0) is 17.6. The number of carbonyl (C=O) groups is 1. The number of pyridine rings is 1. The Bertz CT molecular complexity index is 837. The fraction of sp³-hybridized carbons (Fsp3) is 0.263. The molecule has 0 aliphatic heterocycles. The number of benzene rings is 1. The molecule has 1 aromatic carbocycles. The lowest BCUT2D eigenvalue weighted by Crippen LogP contribution is -2.31. The van der Waals surface area contributed by atoms with E-state index in [4.69, 9.17) is 10.5 Å². The summed E-state index contributed by atoms with van der Waals surface area (Å²) in [6.45, 7) is 3.44. The number of hydrogen-bond donors (Lipinski definition) is 2. The van der Waals surface area contributed by atoms with Crippen LogP contribution in [0.15, 0.2) is 54.9 Å². The van der Waals surface area contributed by atoms with Crippen molar-refractivity contribution in [2.24, 2.45) is 11.7 Å². The molecule has 0 radical (unpaired) electrons. The lowest BCUT2D eigenvalue weighted by molar-refractivity contribution is 0.0948. The van der Waals surface area contributed by atoms with E-state index in [1.165, 1.54) is 0 Å². The van der Waals surface area contributed by atoms with Gasteiger partial charge in [-0.3, -0.25) is 4.79 Å². The third-order valence-corrected chi connectivity index (χ3v) is 3.91. The van der Waals surface area contributed by atoms with E-state index in [0.717, 1.165) is 11.3 Å². The minimum absolute atomic E-state index is 0. The second kappa shape index (κ2) is 10.8. The molecular formula is C19H24Cl2N4O2. The molecule has 3 N–H and O–H groups in total. The van der Waals surface area contributed by atoms with Crippen LogP contribution in [0.4, 0.5) is 0 Å². The van der Waals surface area contributed by atoms with Crippen molar-refractivity contribution in [2.45, 2.75) is 13.5 Å². The first kappa shape index (κ1) is 22.8. The van der Waals surface area contributed by atoms with Crippen LogP contribution in [0.25, 0.3) is 5.65 Å². The molecule has 146 valence electrons. The molecule has 1 amide bonds. The van der Waals surface area contributed by atoms with Crippen LogP contribution >= 0.6 is 24.8 Å². The third-order valence-electron chi connectivity index (χ3n) is 3.91. The number of aromatic nitrogens is 2. The first-order valence-corrected chi connectivity index (χ1v) is 8.29. The van der Waals surface area contributed by atoms with E-state index in [-0.39, 0.29) is 36.6 Å². The number of amides is 1. The molecule has 6 nitrogen and oxygen atoms in total. The van der Waals surface area contributed by atoms with Gasteiger partial charge < -0.3 is 20.2 Å². The fourth-order valence-electron chi connectivity index (χ4n) is 2.39. The average Bonchev–Trinajstić information content (AvgIpc) is 3.07. The summed E-state index contributed by atoms with van der Waals surface area (Å²) in [5.74, 6) is 0.758. The van der Waals surface area contributed by atoms with Crippen LogP contribution in [0.3, 0.4) is 0 Å². The Morgan fingerprint density at radius 1 is 1.26 bits per heavy atom. The summed E-state index contributed by atoms with van der Waals surface area (Å²) in [7, 11) is 0. The number of carbonyl (C=O) groups excluding carboxylic acids is 1. The molecule has 2 heterocycles. The molecular weight excluding hydrogens is 387 g/mol. The van der Waals surface area contributed by atoms with Crippen LogP contribution in [0, 0.1) is 5.92 Å². The van der Waals surface area contributed by atoms with E-state index in [1.807, 2.05) is 48.0 Å². The number of ether oxygens (including phenoxy) is 1. The van der Waals surface area contributed by atoms with Crippen molar-refractivity contribution in [2.75, 3.05) is 13.1 Å². The van der Waals surface area contributed by atoms with Crippen LogP contribution in [0.1, 0.15) is 23.0 Å². The van der Waals surface area contributed by atoms with Gasteiger partial charge >= 0.3 is 0 Å². The van der Waals surface area contributed by atoms with Crippen LogP contribution in [0.5, 0.6) is 5.75 Å². The smallest absolute Gasteiger partial charge is 0.251 e. The van der Waals surface area contributed by atoms with Crippen molar-refractivity contribution in [1.29, 1.82) is 0 Å². The maximum absolute atomic E-state index is 12.2. The number of nitrogens with one attached hydrogen (secondary N) is 1. The standard InChI is InChI=1S/C19H22N4O2.2ClH/c1-14(10-20)11-21-19(24)15-5-4-6-17(9-15)25-13-16-12-23-8-3-2-7-18(23)22-16;;/h2-9,12,14H,10-11,13,20H2,1H3,(H,21,24);2*1H. The van der Waals surface area contributed by atoms with Crippen molar-refractivity contribution in [3.05, 3.63) is 66.1 Å². The SMILES string of the molecule is CC(CN)CNC(=O)c1cccc(OCc2cn3ccccc3n2)c1.Cl.Cl. The molecule has 3 rings (SSSR count). The second-order valence-electron chi connectivity index (χ2n) is 6.07. The van der Waals surface area contributed by atoms with Crippen molar-refractivity contribution < 1.29 is 9.53 Å². The highest BCUT2D eigenvalue weighted by atomic mass is 35.5. The molecule has 0 fully saturated rings. The van der Waals surface area contributed by atoms with Gasteiger partial charge in [-0.15, -0.1) is 24.8 Å². The molecule has 2 aromatic heterocycles.